The van der Waals surface area contributed by atoms with Crippen LogP contribution in [0.15, 0.2) is 71.6 Å². The van der Waals surface area contributed by atoms with E-state index in [9.17, 15) is 18.0 Å². The Balaban J connectivity index is 2.06. The van der Waals surface area contributed by atoms with E-state index in [-0.39, 0.29) is 39.1 Å². The fourth-order valence-corrected chi connectivity index (χ4v) is 5.72. The second kappa shape index (κ2) is 14.1. The third-order valence-electron chi connectivity index (χ3n) is 6.73. The van der Waals surface area contributed by atoms with E-state index in [0.717, 1.165) is 9.87 Å². The molecule has 0 aliphatic heterocycles. The van der Waals surface area contributed by atoms with E-state index in [1.54, 1.807) is 37.3 Å². The zero-order valence-corrected chi connectivity index (χ0v) is 26.1. The van der Waals surface area contributed by atoms with Gasteiger partial charge in [-0.3, -0.25) is 13.9 Å². The fraction of sp³-hybridized carbons (Fsp3) is 0.333. The summed E-state index contributed by atoms with van der Waals surface area (Å²) >= 11 is 12.4. The Labute approximate surface area is 252 Å². The second-order valence-corrected chi connectivity index (χ2v) is 12.5. The maximum Gasteiger partial charge on any atom is 0.264 e. The summed E-state index contributed by atoms with van der Waals surface area (Å²) < 4.78 is 34.1. The first kappa shape index (κ1) is 32.2. The average Bonchev–Trinajstić information content (AvgIpc) is 2.95. The van der Waals surface area contributed by atoms with E-state index in [1.165, 1.54) is 42.3 Å². The highest BCUT2D eigenvalue weighted by molar-refractivity contribution is 7.92. The minimum atomic E-state index is -4.22. The summed E-state index contributed by atoms with van der Waals surface area (Å²) in [5.74, 6) is -0.342. The molecular weight excluding hydrogens is 585 g/mol. The first-order chi connectivity index (χ1) is 19.4. The van der Waals surface area contributed by atoms with Gasteiger partial charge >= 0.3 is 0 Å². The molecule has 8 nitrogen and oxygen atoms in total. The van der Waals surface area contributed by atoms with Crippen molar-refractivity contribution in [2.45, 2.75) is 57.6 Å². The summed E-state index contributed by atoms with van der Waals surface area (Å²) in [4.78, 5) is 28.6. The van der Waals surface area contributed by atoms with Crippen LogP contribution in [0.25, 0.3) is 0 Å². The molecule has 0 aliphatic rings. The first-order valence-electron chi connectivity index (χ1n) is 13.1. The Morgan fingerprint density at radius 2 is 1.66 bits per heavy atom. The highest BCUT2D eigenvalue weighted by Gasteiger charge is 2.33. The molecule has 0 aromatic heterocycles. The number of hydrogen-bond donors (Lipinski definition) is 1. The summed E-state index contributed by atoms with van der Waals surface area (Å²) in [5.41, 5.74) is 1.75. The van der Waals surface area contributed by atoms with Crippen molar-refractivity contribution in [2.75, 3.05) is 18.0 Å². The van der Waals surface area contributed by atoms with Crippen molar-refractivity contribution >= 4 is 50.7 Å². The number of hydrogen-bond acceptors (Lipinski definition) is 5. The van der Waals surface area contributed by atoms with Gasteiger partial charge in [-0.05, 0) is 75.2 Å². The molecule has 220 valence electrons. The first-order valence-corrected chi connectivity index (χ1v) is 15.3. The SMILES string of the molecule is CC[C@@H](C)NC(=O)[C@H](C)N(Cc1cccc(OC)c1)C(=O)CN(c1ccc(Cl)c(Cl)c1)S(=O)(=O)c1ccc(C)cc1. The number of carbonyl (C=O) groups is 2. The molecule has 0 spiro atoms. The number of carbonyl (C=O) groups excluding carboxylic acids is 2. The standard InChI is InChI=1S/C30H35Cl2N3O5S/c1-6-21(3)33-30(37)22(4)34(18-23-8-7-9-25(16-23)40-5)29(36)19-35(24-12-15-27(31)28(32)17-24)41(38,39)26-13-10-20(2)11-14-26/h7-17,21-22H,6,18-19H2,1-5H3,(H,33,37)/t21-,22+/m1/s1. The van der Waals surface area contributed by atoms with E-state index in [2.05, 4.69) is 5.32 Å². The van der Waals surface area contributed by atoms with Gasteiger partial charge in [-0.15, -0.1) is 0 Å². The normalized spacial score (nSPS) is 12.8. The summed E-state index contributed by atoms with van der Waals surface area (Å²) in [6.45, 7) is 6.75. The van der Waals surface area contributed by atoms with Crippen molar-refractivity contribution < 1.29 is 22.7 Å². The van der Waals surface area contributed by atoms with Crippen LogP contribution in [0.5, 0.6) is 5.75 Å². The van der Waals surface area contributed by atoms with Crippen LogP contribution in [0.1, 0.15) is 38.3 Å². The quantitative estimate of drug-likeness (QED) is 0.275. The molecule has 1 N–H and O–H groups in total. The van der Waals surface area contributed by atoms with Gasteiger partial charge in [0.25, 0.3) is 10.0 Å². The number of rotatable bonds is 12. The topological polar surface area (TPSA) is 96.0 Å². The zero-order chi connectivity index (χ0) is 30.3. The molecule has 0 aliphatic carbocycles. The van der Waals surface area contributed by atoms with Crippen LogP contribution in [-0.4, -0.2) is 50.9 Å². The van der Waals surface area contributed by atoms with Crippen molar-refractivity contribution in [3.63, 3.8) is 0 Å². The molecule has 11 heteroatoms. The van der Waals surface area contributed by atoms with Crippen LogP contribution in [0.4, 0.5) is 5.69 Å². The van der Waals surface area contributed by atoms with Gasteiger partial charge < -0.3 is 15.0 Å². The Morgan fingerprint density at radius 3 is 2.27 bits per heavy atom. The number of nitrogens with zero attached hydrogens (tertiary/aromatic N) is 2. The fourth-order valence-electron chi connectivity index (χ4n) is 4.02. The Hall–Kier alpha value is -3.27. The van der Waals surface area contributed by atoms with Gasteiger partial charge in [0.1, 0.15) is 18.3 Å². The van der Waals surface area contributed by atoms with Crippen LogP contribution >= 0.6 is 23.2 Å². The van der Waals surface area contributed by atoms with Gasteiger partial charge in [-0.25, -0.2) is 8.42 Å². The van der Waals surface area contributed by atoms with Gasteiger partial charge in [-0.1, -0.05) is 60.0 Å². The van der Waals surface area contributed by atoms with Gasteiger partial charge in [0, 0.05) is 12.6 Å². The number of anilines is 1. The Kier molecular flexibility index (Phi) is 11.1. The number of amides is 2. The van der Waals surface area contributed by atoms with E-state index >= 15 is 0 Å². The minimum Gasteiger partial charge on any atom is -0.497 e. The molecule has 0 saturated carbocycles. The predicted octanol–water partition coefficient (Wildman–Crippen LogP) is 5.84. The number of methoxy groups -OCH3 is 1. The highest BCUT2D eigenvalue weighted by Crippen LogP contribution is 2.31. The van der Waals surface area contributed by atoms with Crippen LogP contribution in [0, 0.1) is 6.92 Å². The molecule has 3 rings (SSSR count). The lowest BCUT2D eigenvalue weighted by Crippen LogP contribution is -2.52. The minimum absolute atomic E-state index is 0.00359. The molecule has 0 heterocycles. The third kappa shape index (κ3) is 8.15. The van der Waals surface area contributed by atoms with Crippen LogP contribution in [0.3, 0.4) is 0 Å². The average molecular weight is 621 g/mol. The second-order valence-electron chi connectivity index (χ2n) is 9.79. The molecule has 2 amide bonds. The third-order valence-corrected chi connectivity index (χ3v) is 9.26. The smallest absolute Gasteiger partial charge is 0.264 e. The predicted molar refractivity (Wildman–Crippen MR) is 163 cm³/mol. The zero-order valence-electron chi connectivity index (χ0n) is 23.7. The van der Waals surface area contributed by atoms with Crippen molar-refractivity contribution in [3.8, 4) is 5.75 Å². The van der Waals surface area contributed by atoms with Crippen molar-refractivity contribution in [2.24, 2.45) is 0 Å². The van der Waals surface area contributed by atoms with E-state index in [0.29, 0.717) is 17.7 Å². The number of halogens is 2. The van der Waals surface area contributed by atoms with Crippen molar-refractivity contribution in [1.82, 2.24) is 10.2 Å². The maximum atomic E-state index is 14.0. The van der Waals surface area contributed by atoms with Crippen LogP contribution in [0.2, 0.25) is 10.0 Å². The largest absolute Gasteiger partial charge is 0.497 e. The van der Waals surface area contributed by atoms with Crippen LogP contribution < -0.4 is 14.4 Å². The summed E-state index contributed by atoms with van der Waals surface area (Å²) in [7, 11) is -2.68. The van der Waals surface area contributed by atoms with Gasteiger partial charge in [0.15, 0.2) is 0 Å². The van der Waals surface area contributed by atoms with Crippen LogP contribution in [-0.2, 0) is 26.2 Å². The molecule has 0 unspecified atom stereocenters. The molecule has 0 bridgehead atoms. The summed E-state index contributed by atoms with van der Waals surface area (Å²) in [6.07, 6.45) is 0.711. The molecule has 3 aromatic rings. The number of sulfonamides is 1. The Bertz CT molecular complexity index is 1480. The van der Waals surface area contributed by atoms with Gasteiger partial charge in [-0.2, -0.15) is 0 Å². The number of ether oxygens (including phenoxy) is 1. The maximum absolute atomic E-state index is 14.0. The van der Waals surface area contributed by atoms with Crippen molar-refractivity contribution in [3.05, 3.63) is 87.9 Å². The van der Waals surface area contributed by atoms with E-state index < -0.39 is 28.5 Å². The molecule has 41 heavy (non-hydrogen) atoms. The summed E-state index contributed by atoms with van der Waals surface area (Å²) in [6, 6.07) is 16.8. The summed E-state index contributed by atoms with van der Waals surface area (Å²) in [5, 5.41) is 3.29. The Morgan fingerprint density at radius 1 is 0.976 bits per heavy atom. The number of nitrogens with one attached hydrogen (secondary N) is 1. The molecule has 0 fully saturated rings. The number of benzene rings is 3. The molecule has 2 atom stereocenters. The molecule has 3 aromatic carbocycles. The van der Waals surface area contributed by atoms with Gasteiger partial charge in [0.2, 0.25) is 11.8 Å². The number of aryl methyl sites for hydroxylation is 1. The lowest BCUT2D eigenvalue weighted by molar-refractivity contribution is -0.139. The molecule has 0 saturated heterocycles. The van der Waals surface area contributed by atoms with E-state index in [1.807, 2.05) is 26.8 Å². The monoisotopic (exact) mass is 619 g/mol. The molecule has 0 radical (unpaired) electrons. The van der Waals surface area contributed by atoms with Gasteiger partial charge in [0.05, 0.1) is 27.7 Å². The van der Waals surface area contributed by atoms with Crippen molar-refractivity contribution in [1.29, 1.82) is 0 Å². The molecular formula is C30H35Cl2N3O5S. The lowest BCUT2D eigenvalue weighted by atomic mass is 10.1. The highest BCUT2D eigenvalue weighted by atomic mass is 35.5. The van der Waals surface area contributed by atoms with E-state index in [4.69, 9.17) is 27.9 Å². The lowest BCUT2D eigenvalue weighted by Gasteiger charge is -2.32.